The van der Waals surface area contributed by atoms with Gasteiger partial charge in [-0.15, -0.1) is 11.3 Å². The summed E-state index contributed by atoms with van der Waals surface area (Å²) in [7, 11) is 0. The monoisotopic (exact) mass is 364 g/mol. The lowest BCUT2D eigenvalue weighted by Gasteiger charge is -2.22. The fourth-order valence-electron chi connectivity index (χ4n) is 2.07. The Balaban J connectivity index is 2.28. The molecule has 2 nitrogen and oxygen atoms in total. The zero-order chi connectivity index (χ0) is 11.5. The second-order valence-electron chi connectivity index (χ2n) is 3.90. The van der Waals surface area contributed by atoms with Crippen LogP contribution in [0.4, 0.5) is 0 Å². The summed E-state index contributed by atoms with van der Waals surface area (Å²) in [5.41, 5.74) is 5.58. The Kier molecular flexibility index (Phi) is 4.61. The molecule has 0 aliphatic heterocycles. The van der Waals surface area contributed by atoms with E-state index >= 15 is 0 Å². The van der Waals surface area contributed by atoms with Crippen LogP contribution < -0.4 is 11.3 Å². The van der Waals surface area contributed by atoms with E-state index in [1.165, 1.54) is 30.4 Å². The second-order valence-corrected chi connectivity index (χ2v) is 7.65. The topological polar surface area (TPSA) is 38.0 Å². The van der Waals surface area contributed by atoms with Gasteiger partial charge in [-0.2, -0.15) is 0 Å². The Labute approximate surface area is 117 Å². The van der Waals surface area contributed by atoms with Crippen LogP contribution in [-0.4, -0.2) is 0 Å². The Morgan fingerprint density at radius 3 is 2.69 bits per heavy atom. The fraction of sp³-hybridized carbons (Fsp3) is 0.455. The summed E-state index contributed by atoms with van der Waals surface area (Å²) in [6, 6.07) is 2.28. The number of thiophene rings is 1. The van der Waals surface area contributed by atoms with Gasteiger partial charge in [-0.1, -0.05) is 11.6 Å². The zero-order valence-corrected chi connectivity index (χ0v) is 12.8. The average molecular weight is 366 g/mol. The van der Waals surface area contributed by atoms with Gasteiger partial charge in [-0.25, -0.2) is 5.43 Å². The Hall–Kier alpha value is 0.320. The first-order chi connectivity index (χ1) is 7.72. The van der Waals surface area contributed by atoms with Crippen molar-refractivity contribution in [1.29, 1.82) is 0 Å². The Morgan fingerprint density at radius 1 is 1.38 bits per heavy atom. The van der Waals surface area contributed by atoms with Crippen LogP contribution in [0.1, 0.15) is 37.3 Å². The first-order valence-electron chi connectivity index (χ1n) is 5.32. The number of nitrogens with two attached hydrogens (primary N) is 1. The maximum atomic E-state index is 5.69. The molecule has 1 unspecified atom stereocenters. The molecule has 1 aliphatic rings. The molecule has 3 N–H and O–H groups in total. The van der Waals surface area contributed by atoms with Crippen LogP contribution >= 0.6 is 43.2 Å². The van der Waals surface area contributed by atoms with Gasteiger partial charge < -0.3 is 0 Å². The van der Waals surface area contributed by atoms with E-state index in [-0.39, 0.29) is 6.04 Å². The summed E-state index contributed by atoms with van der Waals surface area (Å²) in [5, 5.41) is 0. The number of allylic oxidation sites excluding steroid dienone is 1. The summed E-state index contributed by atoms with van der Waals surface area (Å²) >= 11 is 8.78. The van der Waals surface area contributed by atoms with Crippen LogP contribution in [0.2, 0.25) is 0 Å². The van der Waals surface area contributed by atoms with E-state index < -0.39 is 0 Å². The van der Waals surface area contributed by atoms with Crippen molar-refractivity contribution in [2.24, 2.45) is 5.84 Å². The number of hydrogen-bond donors (Lipinski definition) is 2. The van der Waals surface area contributed by atoms with E-state index in [0.29, 0.717) is 0 Å². The van der Waals surface area contributed by atoms with Gasteiger partial charge in [0.15, 0.2) is 0 Å². The molecule has 0 spiro atoms. The van der Waals surface area contributed by atoms with Gasteiger partial charge in [0.05, 0.1) is 13.6 Å². The number of hydrazine groups is 1. The lowest BCUT2D eigenvalue weighted by molar-refractivity contribution is 0.566. The van der Waals surface area contributed by atoms with Crippen LogP contribution in [0.15, 0.2) is 25.3 Å². The van der Waals surface area contributed by atoms with Gasteiger partial charge in [0, 0.05) is 5.56 Å². The van der Waals surface area contributed by atoms with E-state index in [1.54, 1.807) is 11.3 Å². The highest BCUT2D eigenvalue weighted by Gasteiger charge is 2.20. The first-order valence-corrected chi connectivity index (χ1v) is 7.72. The molecule has 0 radical (unpaired) electrons. The van der Waals surface area contributed by atoms with Gasteiger partial charge in [0.2, 0.25) is 0 Å². The van der Waals surface area contributed by atoms with Gasteiger partial charge in [0.1, 0.15) is 0 Å². The maximum absolute atomic E-state index is 5.69. The largest absolute Gasteiger partial charge is 0.271 e. The van der Waals surface area contributed by atoms with E-state index in [4.69, 9.17) is 5.84 Å². The van der Waals surface area contributed by atoms with Crippen molar-refractivity contribution in [2.75, 3.05) is 0 Å². The van der Waals surface area contributed by atoms with Gasteiger partial charge >= 0.3 is 0 Å². The van der Waals surface area contributed by atoms with Gasteiger partial charge in [-0.3, -0.25) is 5.84 Å². The Morgan fingerprint density at radius 2 is 2.19 bits per heavy atom. The summed E-state index contributed by atoms with van der Waals surface area (Å²) in [6.45, 7) is 0. The van der Waals surface area contributed by atoms with Gasteiger partial charge in [0.25, 0.3) is 0 Å². The molecule has 1 atom stereocenters. The molecule has 0 amide bonds. The third-order valence-electron chi connectivity index (χ3n) is 2.86. The van der Waals surface area contributed by atoms with Gasteiger partial charge in [-0.05, 0) is 63.6 Å². The molecule has 0 saturated heterocycles. The van der Waals surface area contributed by atoms with Crippen LogP contribution in [0, 0.1) is 0 Å². The molecule has 0 aromatic carbocycles. The van der Waals surface area contributed by atoms with Crippen LogP contribution in [0.25, 0.3) is 0 Å². The summed E-state index contributed by atoms with van der Waals surface area (Å²) in [4.78, 5) is 0. The molecular formula is C11H14Br2N2S. The molecule has 0 bridgehead atoms. The quantitative estimate of drug-likeness (QED) is 0.476. The molecule has 1 heterocycles. The van der Waals surface area contributed by atoms with E-state index in [1.807, 2.05) is 0 Å². The molecule has 1 aromatic rings. The van der Waals surface area contributed by atoms with Crippen molar-refractivity contribution in [3.63, 3.8) is 0 Å². The van der Waals surface area contributed by atoms with Crippen LogP contribution in [0.3, 0.4) is 0 Å². The third kappa shape index (κ3) is 2.76. The third-order valence-corrected chi connectivity index (χ3v) is 5.24. The molecule has 5 heteroatoms. The zero-order valence-electron chi connectivity index (χ0n) is 8.80. The second kappa shape index (κ2) is 5.78. The highest BCUT2D eigenvalue weighted by molar-refractivity contribution is 9.12. The van der Waals surface area contributed by atoms with Crippen LogP contribution in [0.5, 0.6) is 0 Å². The lowest BCUT2D eigenvalue weighted by atomic mass is 9.91. The van der Waals surface area contributed by atoms with Crippen LogP contribution in [-0.2, 0) is 0 Å². The highest BCUT2D eigenvalue weighted by Crippen LogP contribution is 2.39. The Bertz CT molecular complexity index is 401. The van der Waals surface area contributed by atoms with Crippen molar-refractivity contribution < 1.29 is 0 Å². The van der Waals surface area contributed by atoms with Crippen molar-refractivity contribution in [3.05, 3.63) is 30.9 Å². The van der Waals surface area contributed by atoms with Crippen molar-refractivity contribution in [2.45, 2.75) is 31.7 Å². The standard InChI is InChI=1S/C11H14Br2N2S/c12-9-6-8(11(13)16-9)10(15-14)7-4-2-1-3-5-7/h4,6,10,15H,1-3,5,14H2. The normalized spacial score (nSPS) is 18.3. The molecule has 16 heavy (non-hydrogen) atoms. The predicted molar refractivity (Wildman–Crippen MR) is 76.3 cm³/mol. The van der Waals surface area contributed by atoms with Crippen molar-refractivity contribution in [1.82, 2.24) is 5.43 Å². The minimum Gasteiger partial charge on any atom is -0.271 e. The number of halogens is 2. The molecular weight excluding hydrogens is 352 g/mol. The first kappa shape index (κ1) is 12.8. The van der Waals surface area contributed by atoms with E-state index in [2.05, 4.69) is 49.4 Å². The van der Waals surface area contributed by atoms with Crippen molar-refractivity contribution in [3.8, 4) is 0 Å². The summed E-state index contributed by atoms with van der Waals surface area (Å²) in [5.74, 6) is 5.69. The molecule has 1 aromatic heterocycles. The summed E-state index contributed by atoms with van der Waals surface area (Å²) in [6.07, 6.45) is 7.22. The summed E-state index contributed by atoms with van der Waals surface area (Å²) < 4.78 is 2.28. The number of hydrogen-bond acceptors (Lipinski definition) is 3. The SMILES string of the molecule is NNC(C1=CCCCC1)c1cc(Br)sc1Br. The molecule has 2 rings (SSSR count). The maximum Gasteiger partial charge on any atom is 0.0762 e. The highest BCUT2D eigenvalue weighted by atomic mass is 79.9. The fourth-order valence-corrected chi connectivity index (χ4v) is 4.97. The molecule has 0 saturated carbocycles. The minimum atomic E-state index is 0.150. The molecule has 0 fully saturated rings. The van der Waals surface area contributed by atoms with E-state index in [0.717, 1.165) is 14.0 Å². The smallest absolute Gasteiger partial charge is 0.0762 e. The number of rotatable bonds is 3. The number of nitrogens with one attached hydrogen (secondary N) is 1. The van der Waals surface area contributed by atoms with E-state index in [9.17, 15) is 0 Å². The average Bonchev–Trinajstić information content (AvgIpc) is 2.61. The lowest BCUT2D eigenvalue weighted by Crippen LogP contribution is -2.29. The predicted octanol–water partition coefficient (Wildman–Crippen LogP) is 4.28. The molecule has 88 valence electrons. The molecule has 1 aliphatic carbocycles. The minimum absolute atomic E-state index is 0.150. The van der Waals surface area contributed by atoms with Crippen molar-refractivity contribution >= 4 is 43.2 Å².